The van der Waals surface area contributed by atoms with E-state index in [0.29, 0.717) is 24.5 Å². The van der Waals surface area contributed by atoms with Gasteiger partial charge in [-0.1, -0.05) is 18.2 Å². The largest absolute Gasteiger partial charge is 0.491 e. The maximum absolute atomic E-state index is 12.7. The third kappa shape index (κ3) is 3.86. The number of likely N-dealkylation sites (N-methyl/N-ethyl adjacent to an activating group) is 1. The summed E-state index contributed by atoms with van der Waals surface area (Å²) >= 11 is 0. The summed E-state index contributed by atoms with van der Waals surface area (Å²) in [6.45, 7) is 4.02. The van der Waals surface area contributed by atoms with Crippen molar-refractivity contribution in [1.29, 1.82) is 0 Å². The zero-order chi connectivity index (χ0) is 16.4. The number of carbonyl (C=O) groups is 1. The molecule has 0 aliphatic carbocycles. The van der Waals surface area contributed by atoms with Crippen LogP contribution in [0.4, 0.5) is 0 Å². The van der Waals surface area contributed by atoms with Gasteiger partial charge in [-0.15, -0.1) is 0 Å². The molecule has 0 spiro atoms. The predicted molar refractivity (Wildman–Crippen MR) is 91.6 cm³/mol. The van der Waals surface area contributed by atoms with E-state index in [1.807, 2.05) is 50.1 Å². The van der Waals surface area contributed by atoms with Gasteiger partial charge in [0.15, 0.2) is 0 Å². The van der Waals surface area contributed by atoms with Crippen LogP contribution < -0.4 is 10.1 Å². The Morgan fingerprint density at radius 3 is 2.57 bits per heavy atom. The molecule has 2 fully saturated rings. The van der Waals surface area contributed by atoms with E-state index in [4.69, 9.17) is 4.74 Å². The van der Waals surface area contributed by atoms with Gasteiger partial charge in [0.25, 0.3) is 0 Å². The maximum Gasteiger partial charge on any atom is 0.227 e. The maximum atomic E-state index is 12.7. The summed E-state index contributed by atoms with van der Waals surface area (Å²) in [5.74, 6) is 1.02. The van der Waals surface area contributed by atoms with Crippen LogP contribution in [0, 0.1) is 0 Å². The molecule has 1 amide bonds. The molecule has 1 aromatic rings. The summed E-state index contributed by atoms with van der Waals surface area (Å²) in [5.41, 5.74) is 0.981. The fourth-order valence-electron chi connectivity index (χ4n) is 3.85. The first kappa shape index (κ1) is 16.3. The molecule has 2 unspecified atom stereocenters. The van der Waals surface area contributed by atoms with Gasteiger partial charge in [-0.05, 0) is 45.6 Å². The molecule has 0 saturated carbocycles. The van der Waals surface area contributed by atoms with E-state index in [2.05, 4.69) is 5.32 Å². The smallest absolute Gasteiger partial charge is 0.227 e. The number of nitrogens with zero attached hydrogens (tertiary/aromatic N) is 1. The number of hydrogen-bond acceptors (Lipinski definition) is 3. The minimum absolute atomic E-state index is 0.115. The van der Waals surface area contributed by atoms with E-state index < -0.39 is 0 Å². The lowest BCUT2D eigenvalue weighted by Crippen LogP contribution is -2.49. The Morgan fingerprint density at radius 2 is 1.91 bits per heavy atom. The van der Waals surface area contributed by atoms with Crippen molar-refractivity contribution in [2.24, 2.45) is 0 Å². The van der Waals surface area contributed by atoms with Crippen molar-refractivity contribution in [2.45, 2.75) is 70.2 Å². The minimum Gasteiger partial charge on any atom is -0.491 e. The fourth-order valence-corrected chi connectivity index (χ4v) is 3.85. The Labute approximate surface area is 139 Å². The standard InChI is InChI=1S/C19H28N2O2/c1-13(2)23-18-7-5-4-6-14(18)10-19(22)21(3)17-11-15-8-9-16(12-17)20-15/h4-7,13,15-17,20H,8-12H2,1-3H3. The molecule has 2 aliphatic heterocycles. The van der Waals surface area contributed by atoms with Gasteiger partial charge in [0.1, 0.15) is 5.75 Å². The van der Waals surface area contributed by atoms with Crippen molar-refractivity contribution in [3.05, 3.63) is 29.8 Å². The van der Waals surface area contributed by atoms with Crippen LogP contribution in [0.25, 0.3) is 0 Å². The minimum atomic E-state index is 0.115. The predicted octanol–water partition coefficient (Wildman–Crippen LogP) is 2.76. The number of benzene rings is 1. The molecule has 4 heteroatoms. The molecule has 23 heavy (non-hydrogen) atoms. The van der Waals surface area contributed by atoms with Gasteiger partial charge in [-0.2, -0.15) is 0 Å². The lowest BCUT2D eigenvalue weighted by atomic mass is 9.98. The van der Waals surface area contributed by atoms with E-state index in [9.17, 15) is 4.79 Å². The van der Waals surface area contributed by atoms with Crippen LogP contribution >= 0.6 is 0 Å². The van der Waals surface area contributed by atoms with Crippen LogP contribution in [-0.2, 0) is 11.2 Å². The van der Waals surface area contributed by atoms with Gasteiger partial charge in [0.2, 0.25) is 5.91 Å². The normalized spacial score (nSPS) is 26.3. The highest BCUT2D eigenvalue weighted by Gasteiger charge is 2.36. The van der Waals surface area contributed by atoms with Crippen molar-refractivity contribution in [1.82, 2.24) is 10.2 Å². The number of hydrogen-bond donors (Lipinski definition) is 1. The van der Waals surface area contributed by atoms with Crippen molar-refractivity contribution < 1.29 is 9.53 Å². The van der Waals surface area contributed by atoms with Gasteiger partial charge < -0.3 is 15.0 Å². The van der Waals surface area contributed by atoms with Gasteiger partial charge in [-0.3, -0.25) is 4.79 Å². The number of amides is 1. The van der Waals surface area contributed by atoms with E-state index in [1.165, 1.54) is 12.8 Å². The Hall–Kier alpha value is -1.55. The van der Waals surface area contributed by atoms with E-state index >= 15 is 0 Å². The molecule has 3 rings (SSSR count). The topological polar surface area (TPSA) is 41.6 Å². The number of carbonyl (C=O) groups excluding carboxylic acids is 1. The zero-order valence-electron chi connectivity index (χ0n) is 14.4. The molecule has 4 nitrogen and oxygen atoms in total. The second kappa shape index (κ2) is 6.91. The highest BCUT2D eigenvalue weighted by atomic mass is 16.5. The second-order valence-electron chi connectivity index (χ2n) is 7.22. The second-order valence-corrected chi connectivity index (χ2v) is 7.22. The molecule has 0 aromatic heterocycles. The summed E-state index contributed by atoms with van der Waals surface area (Å²) in [6, 6.07) is 9.46. The first-order valence-corrected chi connectivity index (χ1v) is 8.79. The van der Waals surface area contributed by atoms with Crippen molar-refractivity contribution >= 4 is 5.91 Å². The monoisotopic (exact) mass is 316 g/mol. The van der Waals surface area contributed by atoms with Crippen molar-refractivity contribution in [3.8, 4) is 5.75 Å². The Morgan fingerprint density at radius 1 is 1.26 bits per heavy atom. The molecule has 0 radical (unpaired) electrons. The molecule has 1 aromatic carbocycles. The molecular formula is C19H28N2O2. The van der Waals surface area contributed by atoms with Gasteiger partial charge >= 0.3 is 0 Å². The van der Waals surface area contributed by atoms with Crippen molar-refractivity contribution in [3.63, 3.8) is 0 Å². The SMILES string of the molecule is CC(C)Oc1ccccc1CC(=O)N(C)C1CC2CCC(C1)N2. The molecular weight excluding hydrogens is 288 g/mol. The summed E-state index contributed by atoms with van der Waals surface area (Å²) in [4.78, 5) is 14.7. The van der Waals surface area contributed by atoms with E-state index in [1.54, 1.807) is 0 Å². The molecule has 2 bridgehead atoms. The van der Waals surface area contributed by atoms with Gasteiger partial charge in [0.05, 0.1) is 12.5 Å². The molecule has 2 heterocycles. The van der Waals surface area contributed by atoms with Crippen LogP contribution in [0.15, 0.2) is 24.3 Å². The molecule has 2 aliphatic rings. The first-order valence-electron chi connectivity index (χ1n) is 8.79. The number of nitrogens with one attached hydrogen (secondary N) is 1. The summed E-state index contributed by atoms with van der Waals surface area (Å²) < 4.78 is 5.83. The van der Waals surface area contributed by atoms with Gasteiger partial charge in [0, 0.05) is 30.7 Å². The van der Waals surface area contributed by atoms with Crippen LogP contribution in [0.3, 0.4) is 0 Å². The average Bonchev–Trinajstić information content (AvgIpc) is 2.86. The summed E-state index contributed by atoms with van der Waals surface area (Å²) in [5, 5.41) is 3.64. The van der Waals surface area contributed by atoms with Gasteiger partial charge in [-0.25, -0.2) is 0 Å². The first-order chi connectivity index (χ1) is 11.0. The fraction of sp³-hybridized carbons (Fsp3) is 0.632. The number of ether oxygens (including phenoxy) is 1. The Kier molecular flexibility index (Phi) is 4.90. The quantitative estimate of drug-likeness (QED) is 0.908. The molecule has 2 atom stereocenters. The van der Waals surface area contributed by atoms with Crippen molar-refractivity contribution in [2.75, 3.05) is 7.05 Å². The van der Waals surface area contributed by atoms with E-state index in [0.717, 1.165) is 24.2 Å². The van der Waals surface area contributed by atoms with Crippen LogP contribution in [0.2, 0.25) is 0 Å². The highest BCUT2D eigenvalue weighted by molar-refractivity contribution is 5.79. The Balaban J connectivity index is 1.64. The van der Waals surface area contributed by atoms with Crippen LogP contribution in [-0.4, -0.2) is 42.1 Å². The molecule has 2 saturated heterocycles. The number of rotatable bonds is 5. The third-order valence-corrected chi connectivity index (χ3v) is 5.07. The summed E-state index contributed by atoms with van der Waals surface area (Å²) in [7, 11) is 1.96. The third-order valence-electron chi connectivity index (χ3n) is 5.07. The van der Waals surface area contributed by atoms with Crippen LogP contribution in [0.5, 0.6) is 5.75 Å². The molecule has 126 valence electrons. The Bertz CT molecular complexity index is 546. The summed E-state index contributed by atoms with van der Waals surface area (Å²) in [6.07, 6.45) is 5.22. The molecule has 1 N–H and O–H groups in total. The van der Waals surface area contributed by atoms with E-state index in [-0.39, 0.29) is 12.0 Å². The number of piperidine rings is 1. The highest BCUT2D eigenvalue weighted by Crippen LogP contribution is 2.30. The lowest BCUT2D eigenvalue weighted by Gasteiger charge is -2.35. The number of fused-ring (bicyclic) bond motifs is 2. The number of para-hydroxylation sites is 1. The zero-order valence-corrected chi connectivity index (χ0v) is 14.4. The average molecular weight is 316 g/mol. The van der Waals surface area contributed by atoms with Crippen LogP contribution in [0.1, 0.15) is 45.1 Å². The lowest BCUT2D eigenvalue weighted by molar-refractivity contribution is -0.132.